The molecule has 0 saturated heterocycles. The second kappa shape index (κ2) is 11.1. The standard InChI is InChI=1S/C24H39F3N2O4/c1-10-29(8)16-28-19-12-20(31-9)18(11-17(19)2)23(30,24(25,26)27)15-32-13-22(6,7)14-33-21(3,4)5/h11-12,16,30H,10,13-15H2,1-9H3. The molecule has 0 fully saturated rings. The van der Waals surface area contributed by atoms with Crippen molar-refractivity contribution in [1.82, 2.24) is 4.90 Å². The quantitative estimate of drug-likeness (QED) is 0.350. The van der Waals surface area contributed by atoms with Crippen LogP contribution in [0.3, 0.4) is 0 Å². The number of aliphatic hydroxyl groups is 1. The van der Waals surface area contributed by atoms with E-state index in [4.69, 9.17) is 14.2 Å². The number of aliphatic imine (C=N–C) groups is 1. The first-order valence-electron chi connectivity index (χ1n) is 10.9. The van der Waals surface area contributed by atoms with Crippen LogP contribution < -0.4 is 4.74 Å². The largest absolute Gasteiger partial charge is 0.496 e. The van der Waals surface area contributed by atoms with Crippen molar-refractivity contribution in [2.45, 2.75) is 65.8 Å². The van der Waals surface area contributed by atoms with Gasteiger partial charge in [0.2, 0.25) is 5.60 Å². The Morgan fingerprint density at radius 1 is 1.06 bits per heavy atom. The number of benzene rings is 1. The summed E-state index contributed by atoms with van der Waals surface area (Å²) >= 11 is 0. The van der Waals surface area contributed by atoms with Gasteiger partial charge in [-0.1, -0.05) is 13.8 Å². The molecule has 0 saturated carbocycles. The van der Waals surface area contributed by atoms with Crippen LogP contribution in [0.5, 0.6) is 5.75 Å². The number of alkyl halides is 3. The number of methoxy groups -OCH3 is 1. The van der Waals surface area contributed by atoms with Gasteiger partial charge in [0, 0.05) is 30.6 Å². The highest BCUT2D eigenvalue weighted by molar-refractivity contribution is 5.65. The van der Waals surface area contributed by atoms with Crippen LogP contribution in [0.25, 0.3) is 0 Å². The molecule has 9 heteroatoms. The Hall–Kier alpha value is -1.84. The lowest BCUT2D eigenvalue weighted by Crippen LogP contribution is -2.47. The van der Waals surface area contributed by atoms with Gasteiger partial charge in [-0.25, -0.2) is 4.99 Å². The van der Waals surface area contributed by atoms with E-state index in [-0.39, 0.29) is 18.0 Å². The normalized spacial score (nSPS) is 15.1. The van der Waals surface area contributed by atoms with Crippen molar-refractivity contribution in [2.24, 2.45) is 10.4 Å². The molecule has 0 aliphatic heterocycles. The molecule has 0 aliphatic rings. The maximum Gasteiger partial charge on any atom is 0.423 e. The molecule has 0 spiro atoms. The van der Waals surface area contributed by atoms with Crippen molar-refractivity contribution in [3.8, 4) is 5.75 Å². The minimum absolute atomic E-state index is 0.0332. The van der Waals surface area contributed by atoms with E-state index in [1.54, 1.807) is 13.3 Å². The number of ether oxygens (including phenoxy) is 3. The molecule has 0 amide bonds. The average Bonchev–Trinajstić information content (AvgIpc) is 2.69. The van der Waals surface area contributed by atoms with E-state index in [0.717, 1.165) is 6.54 Å². The van der Waals surface area contributed by atoms with Crippen LogP contribution in [0.15, 0.2) is 17.1 Å². The van der Waals surface area contributed by atoms with E-state index in [1.165, 1.54) is 19.2 Å². The van der Waals surface area contributed by atoms with Crippen molar-refractivity contribution in [3.05, 3.63) is 23.3 Å². The van der Waals surface area contributed by atoms with Gasteiger partial charge in [0.1, 0.15) is 5.75 Å². The second-order valence-electron chi connectivity index (χ2n) is 10.1. The van der Waals surface area contributed by atoms with E-state index in [1.807, 2.05) is 53.5 Å². The Kier molecular flexibility index (Phi) is 9.78. The van der Waals surface area contributed by atoms with Crippen molar-refractivity contribution in [1.29, 1.82) is 0 Å². The first-order chi connectivity index (χ1) is 15.0. The molecule has 1 atom stereocenters. The van der Waals surface area contributed by atoms with Gasteiger partial charge in [-0.2, -0.15) is 13.2 Å². The van der Waals surface area contributed by atoms with Gasteiger partial charge >= 0.3 is 6.18 Å². The Balaban J connectivity index is 3.21. The monoisotopic (exact) mass is 476 g/mol. The van der Waals surface area contributed by atoms with Gasteiger partial charge in [0.25, 0.3) is 0 Å². The molecule has 0 radical (unpaired) electrons. The lowest BCUT2D eigenvalue weighted by atomic mass is 9.90. The zero-order valence-corrected chi connectivity index (χ0v) is 21.3. The lowest BCUT2D eigenvalue weighted by molar-refractivity contribution is -0.284. The molecule has 1 N–H and O–H groups in total. The molecule has 0 heterocycles. The van der Waals surface area contributed by atoms with Gasteiger partial charge in [0.05, 0.1) is 44.6 Å². The van der Waals surface area contributed by atoms with Gasteiger partial charge < -0.3 is 24.2 Å². The van der Waals surface area contributed by atoms with E-state index in [9.17, 15) is 18.3 Å². The topological polar surface area (TPSA) is 63.5 Å². The minimum Gasteiger partial charge on any atom is -0.496 e. The molecule has 6 nitrogen and oxygen atoms in total. The predicted molar refractivity (Wildman–Crippen MR) is 124 cm³/mol. The number of hydrogen-bond acceptors (Lipinski definition) is 5. The average molecular weight is 477 g/mol. The summed E-state index contributed by atoms with van der Waals surface area (Å²) < 4.78 is 58.7. The molecule has 0 bridgehead atoms. The molecule has 33 heavy (non-hydrogen) atoms. The van der Waals surface area contributed by atoms with E-state index >= 15 is 0 Å². The van der Waals surface area contributed by atoms with Crippen LogP contribution in [0, 0.1) is 12.3 Å². The van der Waals surface area contributed by atoms with Crippen LogP contribution in [0.4, 0.5) is 18.9 Å². The van der Waals surface area contributed by atoms with Crippen molar-refractivity contribution >= 4 is 12.0 Å². The maximum absolute atomic E-state index is 14.1. The molecule has 1 aromatic carbocycles. The van der Waals surface area contributed by atoms with E-state index in [0.29, 0.717) is 17.9 Å². The summed E-state index contributed by atoms with van der Waals surface area (Å²) in [6, 6.07) is 2.64. The highest BCUT2D eigenvalue weighted by atomic mass is 19.4. The Bertz CT molecular complexity index is 804. The molecular weight excluding hydrogens is 437 g/mol. The second-order valence-corrected chi connectivity index (χ2v) is 10.1. The van der Waals surface area contributed by atoms with Crippen LogP contribution in [-0.2, 0) is 15.1 Å². The van der Waals surface area contributed by atoms with Crippen LogP contribution in [-0.4, -0.2) is 68.6 Å². The number of halogens is 3. The fraction of sp³-hybridized carbons (Fsp3) is 0.708. The first-order valence-corrected chi connectivity index (χ1v) is 10.9. The predicted octanol–water partition coefficient (Wildman–Crippen LogP) is 5.22. The molecule has 1 aromatic rings. The van der Waals surface area contributed by atoms with Crippen LogP contribution >= 0.6 is 0 Å². The van der Waals surface area contributed by atoms with Crippen molar-refractivity contribution < 1.29 is 32.5 Å². The summed E-state index contributed by atoms with van der Waals surface area (Å²) in [5.74, 6) is -0.120. The summed E-state index contributed by atoms with van der Waals surface area (Å²) in [5, 5.41) is 10.9. The Morgan fingerprint density at radius 2 is 1.67 bits per heavy atom. The van der Waals surface area contributed by atoms with Crippen molar-refractivity contribution in [3.63, 3.8) is 0 Å². The summed E-state index contributed by atoms with van der Waals surface area (Å²) in [5.41, 5.74) is -3.70. The third kappa shape index (κ3) is 8.46. The van der Waals surface area contributed by atoms with Crippen LogP contribution in [0.1, 0.15) is 52.7 Å². The molecule has 0 aliphatic carbocycles. The third-order valence-electron chi connectivity index (χ3n) is 5.02. The van der Waals surface area contributed by atoms with Gasteiger partial charge in [-0.15, -0.1) is 0 Å². The Morgan fingerprint density at radius 3 is 2.15 bits per heavy atom. The molecule has 0 aromatic heterocycles. The fourth-order valence-electron chi connectivity index (χ4n) is 2.79. The van der Waals surface area contributed by atoms with Crippen molar-refractivity contribution in [2.75, 3.05) is 40.5 Å². The molecule has 1 unspecified atom stereocenters. The number of aryl methyl sites for hydroxylation is 1. The third-order valence-corrected chi connectivity index (χ3v) is 5.02. The first kappa shape index (κ1) is 29.2. The maximum atomic E-state index is 14.1. The lowest BCUT2D eigenvalue weighted by Gasteiger charge is -2.34. The zero-order valence-electron chi connectivity index (χ0n) is 21.3. The summed E-state index contributed by atoms with van der Waals surface area (Å²) in [6.45, 7) is 12.9. The van der Waals surface area contributed by atoms with Gasteiger partial charge in [0.15, 0.2) is 0 Å². The highest BCUT2D eigenvalue weighted by Gasteiger charge is 2.57. The highest BCUT2D eigenvalue weighted by Crippen LogP contribution is 2.45. The fourth-order valence-corrected chi connectivity index (χ4v) is 2.79. The van der Waals surface area contributed by atoms with E-state index in [2.05, 4.69) is 4.99 Å². The number of rotatable bonds is 11. The minimum atomic E-state index is -4.99. The Labute approximate surface area is 195 Å². The molecular formula is C24H39F3N2O4. The van der Waals surface area contributed by atoms with Gasteiger partial charge in [-0.3, -0.25) is 0 Å². The number of nitrogens with zero attached hydrogens (tertiary/aromatic N) is 2. The summed E-state index contributed by atoms with van der Waals surface area (Å²) in [7, 11) is 3.09. The van der Waals surface area contributed by atoms with E-state index < -0.39 is 29.4 Å². The van der Waals surface area contributed by atoms with Gasteiger partial charge in [-0.05, 0) is 46.2 Å². The number of hydrogen-bond donors (Lipinski definition) is 1. The zero-order chi connectivity index (χ0) is 25.7. The summed E-state index contributed by atoms with van der Waals surface area (Å²) in [4.78, 5) is 6.14. The SMILES string of the molecule is CCN(C)C=Nc1cc(OC)c(C(O)(COCC(C)(C)COC(C)(C)C)C(F)(F)F)cc1C. The molecule has 1 rings (SSSR count). The summed E-state index contributed by atoms with van der Waals surface area (Å²) in [6.07, 6.45) is -3.41. The smallest absolute Gasteiger partial charge is 0.423 e. The molecule has 190 valence electrons. The van der Waals surface area contributed by atoms with Crippen LogP contribution in [0.2, 0.25) is 0 Å².